The minimum absolute atomic E-state index is 0.0470. The van der Waals surface area contributed by atoms with E-state index in [1.54, 1.807) is 0 Å². The lowest BCUT2D eigenvalue weighted by atomic mass is 10.2. The molecule has 0 radical (unpaired) electrons. The zero-order valence-electron chi connectivity index (χ0n) is 12.3. The van der Waals surface area contributed by atoms with Crippen LogP contribution in [0.1, 0.15) is 18.8 Å². The van der Waals surface area contributed by atoms with Crippen LogP contribution < -0.4 is 10.6 Å². The van der Waals surface area contributed by atoms with E-state index >= 15 is 0 Å². The van der Waals surface area contributed by atoms with Crippen LogP contribution in [0, 0.1) is 0 Å². The highest BCUT2D eigenvalue weighted by molar-refractivity contribution is 5.82. The number of carbonyl (C=O) groups is 1. The number of nitrogens with one attached hydrogen (secondary N) is 2. The molecule has 0 spiro atoms. The molecule has 0 saturated carbocycles. The number of hydrogen-bond donors (Lipinski definition) is 2. The van der Waals surface area contributed by atoms with Gasteiger partial charge in [0.15, 0.2) is 0 Å². The Morgan fingerprint density at radius 1 is 1.52 bits per heavy atom. The van der Waals surface area contributed by atoms with E-state index < -0.39 is 0 Å². The number of para-hydroxylation sites is 2. The molecule has 1 aliphatic heterocycles. The monoisotopic (exact) mass is 288 g/mol. The molecule has 2 atom stereocenters. The van der Waals surface area contributed by atoms with Gasteiger partial charge >= 0.3 is 0 Å². The van der Waals surface area contributed by atoms with Crippen LogP contribution in [0.5, 0.6) is 0 Å². The minimum atomic E-state index is -0.282. The SMILES string of the molecule is C[C@H](NC(=O)[C@@H]1COCCN1)c1nc2ccccc2n1C. The average molecular weight is 288 g/mol. The molecule has 0 bridgehead atoms. The van der Waals surface area contributed by atoms with Crippen molar-refractivity contribution in [3.05, 3.63) is 30.1 Å². The summed E-state index contributed by atoms with van der Waals surface area (Å²) in [5.74, 6) is 0.801. The Labute approximate surface area is 123 Å². The Morgan fingerprint density at radius 3 is 3.05 bits per heavy atom. The maximum absolute atomic E-state index is 12.2. The summed E-state index contributed by atoms with van der Waals surface area (Å²) in [5, 5.41) is 6.16. The Morgan fingerprint density at radius 2 is 2.33 bits per heavy atom. The second-order valence-corrected chi connectivity index (χ2v) is 5.33. The van der Waals surface area contributed by atoms with Gasteiger partial charge in [-0.25, -0.2) is 4.98 Å². The first-order valence-electron chi connectivity index (χ1n) is 7.19. The van der Waals surface area contributed by atoms with E-state index in [9.17, 15) is 4.79 Å². The second-order valence-electron chi connectivity index (χ2n) is 5.33. The van der Waals surface area contributed by atoms with Crippen molar-refractivity contribution in [3.8, 4) is 0 Å². The highest BCUT2D eigenvalue weighted by Crippen LogP contribution is 2.19. The number of nitrogens with zero attached hydrogens (tertiary/aromatic N) is 2. The first kappa shape index (κ1) is 14.0. The van der Waals surface area contributed by atoms with Crippen molar-refractivity contribution in [2.45, 2.75) is 19.0 Å². The van der Waals surface area contributed by atoms with Crippen molar-refractivity contribution in [2.24, 2.45) is 7.05 Å². The number of hydrogen-bond acceptors (Lipinski definition) is 4. The summed E-state index contributed by atoms with van der Waals surface area (Å²) >= 11 is 0. The predicted molar refractivity (Wildman–Crippen MR) is 79.9 cm³/mol. The van der Waals surface area contributed by atoms with E-state index in [0.717, 1.165) is 16.9 Å². The van der Waals surface area contributed by atoms with Crippen LogP contribution in [0.25, 0.3) is 11.0 Å². The molecule has 0 unspecified atom stereocenters. The van der Waals surface area contributed by atoms with Gasteiger partial charge in [-0.15, -0.1) is 0 Å². The summed E-state index contributed by atoms with van der Waals surface area (Å²) in [7, 11) is 1.97. The molecule has 1 aromatic carbocycles. The van der Waals surface area contributed by atoms with Crippen LogP contribution in [-0.2, 0) is 16.6 Å². The van der Waals surface area contributed by atoms with E-state index in [4.69, 9.17) is 4.74 Å². The third-order valence-corrected chi connectivity index (χ3v) is 3.81. The van der Waals surface area contributed by atoms with Gasteiger partial charge in [-0.05, 0) is 19.1 Å². The van der Waals surface area contributed by atoms with Gasteiger partial charge in [-0.1, -0.05) is 12.1 Å². The van der Waals surface area contributed by atoms with Gasteiger partial charge in [0.2, 0.25) is 5.91 Å². The van der Waals surface area contributed by atoms with Gasteiger partial charge < -0.3 is 19.9 Å². The quantitative estimate of drug-likeness (QED) is 0.874. The van der Waals surface area contributed by atoms with Gasteiger partial charge in [0.25, 0.3) is 0 Å². The predicted octanol–water partition coefficient (Wildman–Crippen LogP) is 0.739. The highest BCUT2D eigenvalue weighted by atomic mass is 16.5. The van der Waals surface area contributed by atoms with Crippen LogP contribution in [0.3, 0.4) is 0 Å². The Balaban J connectivity index is 1.75. The van der Waals surface area contributed by atoms with Crippen LogP contribution >= 0.6 is 0 Å². The summed E-state index contributed by atoms with van der Waals surface area (Å²) in [6.07, 6.45) is 0. The maximum Gasteiger partial charge on any atom is 0.240 e. The lowest BCUT2D eigenvalue weighted by Crippen LogP contribution is -2.51. The number of benzene rings is 1. The summed E-state index contributed by atoms with van der Waals surface area (Å²) in [6.45, 7) is 3.73. The van der Waals surface area contributed by atoms with Crippen molar-refractivity contribution in [3.63, 3.8) is 0 Å². The van der Waals surface area contributed by atoms with Crippen molar-refractivity contribution in [1.82, 2.24) is 20.2 Å². The number of rotatable bonds is 3. The zero-order valence-corrected chi connectivity index (χ0v) is 12.3. The normalized spacial score (nSPS) is 20.4. The summed E-state index contributed by atoms with van der Waals surface area (Å²) in [4.78, 5) is 16.8. The fourth-order valence-corrected chi connectivity index (χ4v) is 2.66. The fourth-order valence-electron chi connectivity index (χ4n) is 2.66. The average Bonchev–Trinajstić information content (AvgIpc) is 2.86. The molecule has 1 aliphatic rings. The third kappa shape index (κ3) is 2.77. The van der Waals surface area contributed by atoms with Gasteiger partial charge in [-0.3, -0.25) is 4.79 Å². The highest BCUT2D eigenvalue weighted by Gasteiger charge is 2.24. The lowest BCUT2D eigenvalue weighted by molar-refractivity contribution is -0.126. The molecule has 6 nitrogen and oxygen atoms in total. The molecule has 2 heterocycles. The topological polar surface area (TPSA) is 68.2 Å². The molecular formula is C15H20N4O2. The second kappa shape index (κ2) is 5.83. The number of fused-ring (bicyclic) bond motifs is 1. The van der Waals surface area contributed by atoms with E-state index in [1.807, 2.05) is 42.8 Å². The van der Waals surface area contributed by atoms with Crippen molar-refractivity contribution in [1.29, 1.82) is 0 Å². The van der Waals surface area contributed by atoms with Crippen LogP contribution in [-0.4, -0.2) is 41.3 Å². The molecule has 1 amide bonds. The molecular weight excluding hydrogens is 268 g/mol. The number of amides is 1. The molecule has 1 saturated heterocycles. The Kier molecular flexibility index (Phi) is 3.90. The lowest BCUT2D eigenvalue weighted by Gasteiger charge is -2.24. The van der Waals surface area contributed by atoms with E-state index in [-0.39, 0.29) is 18.0 Å². The molecule has 21 heavy (non-hydrogen) atoms. The molecule has 112 valence electrons. The number of ether oxygens (including phenoxy) is 1. The van der Waals surface area contributed by atoms with Crippen molar-refractivity contribution in [2.75, 3.05) is 19.8 Å². The van der Waals surface area contributed by atoms with Gasteiger partial charge in [0.1, 0.15) is 11.9 Å². The Hall–Kier alpha value is -1.92. The van der Waals surface area contributed by atoms with Crippen LogP contribution in [0.15, 0.2) is 24.3 Å². The standard InChI is InChI=1S/C15H20N4O2/c1-10(17-15(20)12-9-21-8-7-16-12)14-18-11-5-3-4-6-13(11)19(14)2/h3-6,10,12,16H,7-9H2,1-2H3,(H,17,20)/t10-,12-/m0/s1. The van der Waals surface area contributed by atoms with Gasteiger partial charge in [0, 0.05) is 13.6 Å². The molecule has 2 aromatic rings. The third-order valence-electron chi connectivity index (χ3n) is 3.81. The van der Waals surface area contributed by atoms with E-state index in [0.29, 0.717) is 19.8 Å². The largest absolute Gasteiger partial charge is 0.378 e. The minimum Gasteiger partial charge on any atom is -0.378 e. The summed E-state index contributed by atoms with van der Waals surface area (Å²) in [5.41, 5.74) is 2.00. The summed E-state index contributed by atoms with van der Waals surface area (Å²) in [6, 6.07) is 7.52. The fraction of sp³-hybridized carbons (Fsp3) is 0.467. The van der Waals surface area contributed by atoms with Gasteiger partial charge in [-0.2, -0.15) is 0 Å². The van der Waals surface area contributed by atoms with Crippen molar-refractivity contribution < 1.29 is 9.53 Å². The molecule has 2 N–H and O–H groups in total. The molecule has 1 fully saturated rings. The molecule has 6 heteroatoms. The smallest absolute Gasteiger partial charge is 0.240 e. The van der Waals surface area contributed by atoms with E-state index in [2.05, 4.69) is 15.6 Å². The summed E-state index contributed by atoms with van der Waals surface area (Å²) < 4.78 is 7.34. The first-order valence-corrected chi connectivity index (χ1v) is 7.19. The van der Waals surface area contributed by atoms with Gasteiger partial charge in [0.05, 0.1) is 30.3 Å². The number of aryl methyl sites for hydroxylation is 1. The number of imidazole rings is 1. The number of morpholine rings is 1. The molecule has 1 aromatic heterocycles. The van der Waals surface area contributed by atoms with E-state index in [1.165, 1.54) is 0 Å². The van der Waals surface area contributed by atoms with Crippen LogP contribution in [0.4, 0.5) is 0 Å². The number of carbonyl (C=O) groups excluding carboxylic acids is 1. The molecule has 0 aliphatic carbocycles. The molecule has 3 rings (SSSR count). The zero-order chi connectivity index (χ0) is 14.8. The number of aromatic nitrogens is 2. The maximum atomic E-state index is 12.2. The Bertz CT molecular complexity index is 646. The van der Waals surface area contributed by atoms with Crippen LogP contribution in [0.2, 0.25) is 0 Å². The first-order chi connectivity index (χ1) is 10.2. The van der Waals surface area contributed by atoms with Crippen molar-refractivity contribution >= 4 is 16.9 Å².